The summed E-state index contributed by atoms with van der Waals surface area (Å²) < 4.78 is 7.64. The number of carbonyl (C=O) groups is 1. The minimum Gasteiger partial charge on any atom is -0.493 e. The van der Waals surface area contributed by atoms with Gasteiger partial charge in [0.05, 0.1) is 35.8 Å². The summed E-state index contributed by atoms with van der Waals surface area (Å²) in [5, 5.41) is 16.9. The first kappa shape index (κ1) is 18.7. The highest BCUT2D eigenvalue weighted by Crippen LogP contribution is 2.30. The molecule has 0 spiro atoms. The van der Waals surface area contributed by atoms with Crippen molar-refractivity contribution >= 4 is 23.6 Å². The number of amidine groups is 1. The van der Waals surface area contributed by atoms with Crippen LogP contribution in [-0.2, 0) is 24.8 Å². The Kier molecular flexibility index (Phi) is 5.59. The van der Waals surface area contributed by atoms with E-state index in [9.17, 15) is 4.79 Å². The van der Waals surface area contributed by atoms with E-state index in [0.717, 1.165) is 47.1 Å². The fourth-order valence-corrected chi connectivity index (χ4v) is 3.11. The molecule has 7 heteroatoms. The highest BCUT2D eigenvalue weighted by molar-refractivity contribution is 6.11. The van der Waals surface area contributed by atoms with Crippen LogP contribution >= 0.6 is 0 Å². The lowest BCUT2D eigenvalue weighted by Gasteiger charge is -2.19. The van der Waals surface area contributed by atoms with Gasteiger partial charge in [-0.2, -0.15) is 5.10 Å². The Balaban J connectivity index is 1.99. The summed E-state index contributed by atoms with van der Waals surface area (Å²) in [6.07, 6.45) is 4.58. The zero-order chi connectivity index (χ0) is 19.4. The van der Waals surface area contributed by atoms with Gasteiger partial charge in [0.15, 0.2) is 0 Å². The van der Waals surface area contributed by atoms with Gasteiger partial charge in [-0.1, -0.05) is 19.4 Å². The van der Waals surface area contributed by atoms with Crippen LogP contribution in [0, 0.1) is 0 Å². The summed E-state index contributed by atoms with van der Waals surface area (Å²) in [5.74, 6) is 0.435. The van der Waals surface area contributed by atoms with E-state index < -0.39 is 5.97 Å². The van der Waals surface area contributed by atoms with E-state index in [-0.39, 0.29) is 0 Å². The summed E-state index contributed by atoms with van der Waals surface area (Å²) in [6.45, 7) is 5.12. The van der Waals surface area contributed by atoms with Crippen LogP contribution in [0.5, 0.6) is 5.75 Å². The maximum Gasteiger partial charge on any atom is 0.328 e. The number of nitrogens with one attached hydrogen (secondary N) is 1. The molecule has 0 fully saturated rings. The van der Waals surface area contributed by atoms with Gasteiger partial charge >= 0.3 is 5.97 Å². The van der Waals surface area contributed by atoms with Gasteiger partial charge in [-0.05, 0) is 37.1 Å². The second-order valence-electron chi connectivity index (χ2n) is 6.29. The smallest absolute Gasteiger partial charge is 0.328 e. The minimum absolute atomic E-state index is 0.532. The second kappa shape index (κ2) is 8.07. The van der Waals surface area contributed by atoms with Crippen molar-refractivity contribution in [3.8, 4) is 5.75 Å². The highest BCUT2D eigenvalue weighted by atomic mass is 16.5. The lowest BCUT2D eigenvalue weighted by molar-refractivity contribution is -0.131. The molecule has 142 valence electrons. The average Bonchev–Trinajstić information content (AvgIpc) is 2.96. The Bertz CT molecular complexity index is 912. The normalized spacial score (nSPS) is 13.2. The largest absolute Gasteiger partial charge is 0.493 e. The molecular formula is C20H24N4O3. The Hall–Kier alpha value is -3.09. The quantitative estimate of drug-likeness (QED) is 0.733. The van der Waals surface area contributed by atoms with Gasteiger partial charge in [0.1, 0.15) is 11.6 Å². The topological polar surface area (TPSA) is 88.7 Å². The molecular weight excluding hydrogens is 344 g/mol. The average molecular weight is 368 g/mol. The third-order valence-corrected chi connectivity index (χ3v) is 4.33. The van der Waals surface area contributed by atoms with E-state index in [0.29, 0.717) is 24.7 Å². The van der Waals surface area contributed by atoms with Gasteiger partial charge in [-0.15, -0.1) is 0 Å². The summed E-state index contributed by atoms with van der Waals surface area (Å²) in [7, 11) is 1.93. The number of aliphatic carboxylic acids is 1. The first-order chi connectivity index (χ1) is 13.0. The van der Waals surface area contributed by atoms with Crippen LogP contribution in [0.2, 0.25) is 0 Å². The Labute approximate surface area is 158 Å². The second-order valence-corrected chi connectivity index (χ2v) is 6.29. The number of aromatic nitrogens is 2. The molecule has 0 radical (unpaired) electrons. The van der Waals surface area contributed by atoms with Crippen molar-refractivity contribution in [2.24, 2.45) is 12.0 Å². The lowest BCUT2D eigenvalue weighted by Crippen LogP contribution is -2.21. The fourth-order valence-electron chi connectivity index (χ4n) is 3.11. The monoisotopic (exact) mass is 368 g/mol. The van der Waals surface area contributed by atoms with Gasteiger partial charge < -0.3 is 15.2 Å². The van der Waals surface area contributed by atoms with Gasteiger partial charge in [0, 0.05) is 13.1 Å². The number of hydrogen-bond acceptors (Lipinski definition) is 5. The van der Waals surface area contributed by atoms with Crippen LogP contribution in [0.25, 0.3) is 6.08 Å². The molecule has 0 saturated heterocycles. The van der Waals surface area contributed by atoms with Crippen LogP contribution < -0.4 is 10.1 Å². The third-order valence-electron chi connectivity index (χ3n) is 4.33. The maximum atomic E-state index is 10.8. The molecule has 3 rings (SSSR count). The number of fused-ring (bicyclic) bond motifs is 1. The molecule has 2 N–H and O–H groups in total. The van der Waals surface area contributed by atoms with Gasteiger partial charge in [-0.25, -0.2) is 4.79 Å². The lowest BCUT2D eigenvalue weighted by atomic mass is 10.1. The van der Waals surface area contributed by atoms with Crippen molar-refractivity contribution in [3.63, 3.8) is 0 Å². The fraction of sp³-hybridized carbons (Fsp3) is 0.350. The molecule has 2 aromatic rings. The van der Waals surface area contributed by atoms with E-state index in [4.69, 9.17) is 9.84 Å². The molecule has 1 aliphatic rings. The van der Waals surface area contributed by atoms with Crippen molar-refractivity contribution in [2.75, 3.05) is 11.9 Å². The van der Waals surface area contributed by atoms with Crippen LogP contribution in [0.1, 0.15) is 42.8 Å². The van der Waals surface area contributed by atoms with Crippen molar-refractivity contribution in [1.82, 2.24) is 9.78 Å². The Morgan fingerprint density at radius 2 is 2.22 bits per heavy atom. The zero-order valence-corrected chi connectivity index (χ0v) is 15.8. The maximum absolute atomic E-state index is 10.8. The predicted molar refractivity (Wildman–Crippen MR) is 105 cm³/mol. The van der Waals surface area contributed by atoms with Gasteiger partial charge in [0.25, 0.3) is 0 Å². The number of carboxylic acids is 1. The Morgan fingerprint density at radius 1 is 1.41 bits per heavy atom. The third kappa shape index (κ3) is 4.02. The standard InChI is InChI=1S/C20H24N4O3/c1-4-6-15-19-16(24(3)23-15)12-21-20(22-19)14-11-13(8-10-18(25)26)7-9-17(14)27-5-2/h7-11H,4-6,12H2,1-3H3,(H,21,22)(H,25,26)/b10-8+. The van der Waals surface area contributed by atoms with Crippen molar-refractivity contribution in [2.45, 2.75) is 33.2 Å². The number of carboxylic acid groups (broad SMARTS) is 1. The molecule has 1 aromatic carbocycles. The first-order valence-corrected chi connectivity index (χ1v) is 9.07. The van der Waals surface area contributed by atoms with Gasteiger partial charge in [-0.3, -0.25) is 9.67 Å². The molecule has 0 bridgehead atoms. The molecule has 0 atom stereocenters. The number of aryl methyl sites for hydroxylation is 2. The van der Waals surface area contributed by atoms with E-state index >= 15 is 0 Å². The van der Waals surface area contributed by atoms with Crippen LogP contribution in [-0.4, -0.2) is 33.3 Å². The number of aliphatic imine (C=N–C) groups is 1. The molecule has 0 unspecified atom stereocenters. The van der Waals surface area contributed by atoms with Crippen LogP contribution in [0.15, 0.2) is 29.3 Å². The number of benzene rings is 1. The van der Waals surface area contributed by atoms with E-state index in [1.54, 1.807) is 6.08 Å². The van der Waals surface area contributed by atoms with Crippen molar-refractivity contribution in [1.29, 1.82) is 0 Å². The minimum atomic E-state index is -0.984. The van der Waals surface area contributed by atoms with E-state index in [2.05, 4.69) is 22.3 Å². The number of rotatable bonds is 7. The summed E-state index contributed by atoms with van der Waals surface area (Å²) in [6, 6.07) is 5.56. The summed E-state index contributed by atoms with van der Waals surface area (Å²) in [4.78, 5) is 15.5. The van der Waals surface area contributed by atoms with Crippen molar-refractivity contribution < 1.29 is 14.6 Å². The van der Waals surface area contributed by atoms with Gasteiger partial charge in [0.2, 0.25) is 0 Å². The SMILES string of the molecule is CCCc1nn(C)c2c1NC(c1cc(/C=C/C(=O)O)ccc1OCC)=NC2. The highest BCUT2D eigenvalue weighted by Gasteiger charge is 2.23. The molecule has 0 saturated carbocycles. The number of ether oxygens (including phenoxy) is 1. The van der Waals surface area contributed by atoms with Crippen LogP contribution in [0.3, 0.4) is 0 Å². The number of anilines is 1. The molecule has 1 aromatic heterocycles. The molecule has 1 aliphatic heterocycles. The number of hydrogen-bond donors (Lipinski definition) is 2. The van der Waals surface area contributed by atoms with Crippen LogP contribution in [0.4, 0.5) is 5.69 Å². The molecule has 27 heavy (non-hydrogen) atoms. The summed E-state index contributed by atoms with van der Waals surface area (Å²) in [5.41, 5.74) is 4.68. The Morgan fingerprint density at radius 3 is 2.93 bits per heavy atom. The van der Waals surface area contributed by atoms with E-state index in [1.165, 1.54) is 0 Å². The predicted octanol–water partition coefficient (Wildman–Crippen LogP) is 3.24. The molecule has 7 nitrogen and oxygen atoms in total. The summed E-state index contributed by atoms with van der Waals surface area (Å²) >= 11 is 0. The van der Waals surface area contributed by atoms with E-state index in [1.807, 2.05) is 36.9 Å². The zero-order valence-electron chi connectivity index (χ0n) is 15.8. The number of nitrogens with zero attached hydrogens (tertiary/aromatic N) is 3. The molecule has 2 heterocycles. The van der Waals surface area contributed by atoms with Crippen molar-refractivity contribution in [3.05, 3.63) is 46.8 Å². The molecule has 0 amide bonds. The first-order valence-electron chi connectivity index (χ1n) is 9.07. The molecule has 0 aliphatic carbocycles.